The number of hydrogen-bond acceptors (Lipinski definition) is 5. The van der Waals surface area contributed by atoms with E-state index in [9.17, 15) is 4.39 Å². The van der Waals surface area contributed by atoms with Crippen molar-refractivity contribution in [2.24, 2.45) is 0 Å². The molecule has 1 aromatic heterocycles. The topological polar surface area (TPSA) is 51.4 Å². The van der Waals surface area contributed by atoms with E-state index in [1.54, 1.807) is 7.11 Å². The van der Waals surface area contributed by atoms with Crippen LogP contribution in [0.2, 0.25) is 0 Å². The highest BCUT2D eigenvalue weighted by atomic mass is 19.1. The van der Waals surface area contributed by atoms with Crippen molar-refractivity contribution in [2.75, 3.05) is 25.1 Å². The Hall–Kier alpha value is -2.89. The Kier molecular flexibility index (Phi) is 4.56. The van der Waals surface area contributed by atoms with Crippen molar-refractivity contribution in [3.8, 4) is 17.1 Å². The third-order valence-corrected chi connectivity index (χ3v) is 4.75. The van der Waals surface area contributed by atoms with Crippen molar-refractivity contribution in [2.45, 2.75) is 18.8 Å². The van der Waals surface area contributed by atoms with Gasteiger partial charge >= 0.3 is 0 Å². The summed E-state index contributed by atoms with van der Waals surface area (Å²) in [6, 6.07) is 14.2. The molecule has 0 aliphatic carbocycles. The first-order chi connectivity index (χ1) is 12.7. The first-order valence-corrected chi connectivity index (χ1v) is 8.72. The van der Waals surface area contributed by atoms with Gasteiger partial charge in [-0.05, 0) is 49.2 Å². The molecule has 0 radical (unpaired) electrons. The predicted octanol–water partition coefficient (Wildman–Crippen LogP) is 4.27. The number of benzene rings is 2. The van der Waals surface area contributed by atoms with Gasteiger partial charge in [-0.15, -0.1) is 0 Å². The summed E-state index contributed by atoms with van der Waals surface area (Å²) in [6.45, 7) is 1.72. The van der Waals surface area contributed by atoms with E-state index in [2.05, 4.69) is 15.0 Å². The van der Waals surface area contributed by atoms with Crippen LogP contribution in [0.15, 0.2) is 53.1 Å². The molecule has 4 rings (SSSR count). The highest BCUT2D eigenvalue weighted by Crippen LogP contribution is 2.32. The van der Waals surface area contributed by atoms with Crippen LogP contribution in [-0.4, -0.2) is 30.3 Å². The first-order valence-electron chi connectivity index (χ1n) is 8.72. The number of hydrogen-bond donors (Lipinski definition) is 0. The van der Waals surface area contributed by atoms with Gasteiger partial charge in [-0.1, -0.05) is 17.3 Å². The standard InChI is InChI=1S/C20H20FN3O2/c1-25-18-7-3-2-6-17(18)19-22-20(26-23-19)14-5-4-12-24(13-14)16-10-8-15(21)9-11-16/h2-3,6-11,14H,4-5,12-13H2,1H3. The Morgan fingerprint density at radius 2 is 1.96 bits per heavy atom. The van der Waals surface area contributed by atoms with Gasteiger partial charge in [0.15, 0.2) is 0 Å². The second-order valence-corrected chi connectivity index (χ2v) is 6.42. The van der Waals surface area contributed by atoms with Crippen LogP contribution in [0.4, 0.5) is 10.1 Å². The zero-order chi connectivity index (χ0) is 17.9. The minimum absolute atomic E-state index is 0.157. The van der Waals surface area contributed by atoms with E-state index in [0.717, 1.165) is 42.9 Å². The molecular formula is C20H20FN3O2. The summed E-state index contributed by atoms with van der Waals surface area (Å²) in [5.74, 6) is 1.83. The lowest BCUT2D eigenvalue weighted by Crippen LogP contribution is -2.34. The number of ether oxygens (including phenoxy) is 1. The molecule has 1 fully saturated rings. The van der Waals surface area contributed by atoms with Gasteiger partial charge in [0.05, 0.1) is 18.6 Å². The molecule has 1 aliphatic rings. The molecular weight excluding hydrogens is 333 g/mol. The lowest BCUT2D eigenvalue weighted by Gasteiger charge is -2.32. The molecule has 0 spiro atoms. The Morgan fingerprint density at radius 3 is 2.77 bits per heavy atom. The number of piperidine rings is 1. The summed E-state index contributed by atoms with van der Waals surface area (Å²) in [5, 5.41) is 4.15. The minimum Gasteiger partial charge on any atom is -0.496 e. The smallest absolute Gasteiger partial charge is 0.231 e. The van der Waals surface area contributed by atoms with Crippen LogP contribution in [0.5, 0.6) is 5.75 Å². The summed E-state index contributed by atoms with van der Waals surface area (Å²) in [7, 11) is 1.63. The number of para-hydroxylation sites is 1. The molecule has 0 amide bonds. The number of halogens is 1. The SMILES string of the molecule is COc1ccccc1-c1noc(C2CCCN(c3ccc(F)cc3)C2)n1. The summed E-state index contributed by atoms with van der Waals surface area (Å²) in [6.07, 6.45) is 2.01. The maximum absolute atomic E-state index is 13.2. The van der Waals surface area contributed by atoms with E-state index < -0.39 is 0 Å². The Morgan fingerprint density at radius 1 is 1.15 bits per heavy atom. The third-order valence-electron chi connectivity index (χ3n) is 4.75. The normalized spacial score (nSPS) is 17.3. The van der Waals surface area contributed by atoms with Crippen molar-refractivity contribution in [1.29, 1.82) is 0 Å². The average molecular weight is 353 g/mol. The van der Waals surface area contributed by atoms with Crippen LogP contribution in [0.25, 0.3) is 11.4 Å². The lowest BCUT2D eigenvalue weighted by atomic mass is 9.97. The molecule has 2 aromatic carbocycles. The van der Waals surface area contributed by atoms with Crippen LogP contribution in [0.1, 0.15) is 24.7 Å². The average Bonchev–Trinajstić information content (AvgIpc) is 3.19. The van der Waals surface area contributed by atoms with Gasteiger partial charge in [0, 0.05) is 18.8 Å². The van der Waals surface area contributed by atoms with Crippen LogP contribution in [0.3, 0.4) is 0 Å². The van der Waals surface area contributed by atoms with Gasteiger partial charge in [0.1, 0.15) is 11.6 Å². The van der Waals surface area contributed by atoms with E-state index in [0.29, 0.717) is 11.7 Å². The van der Waals surface area contributed by atoms with Crippen LogP contribution in [0, 0.1) is 5.82 Å². The molecule has 2 heterocycles. The number of anilines is 1. The molecule has 3 aromatic rings. The fourth-order valence-electron chi connectivity index (χ4n) is 3.40. The number of nitrogens with zero attached hydrogens (tertiary/aromatic N) is 3. The molecule has 0 saturated carbocycles. The van der Waals surface area contributed by atoms with Crippen molar-refractivity contribution in [3.05, 3.63) is 60.2 Å². The maximum Gasteiger partial charge on any atom is 0.231 e. The molecule has 1 aliphatic heterocycles. The van der Waals surface area contributed by atoms with Gasteiger partial charge in [0.2, 0.25) is 11.7 Å². The van der Waals surface area contributed by atoms with Crippen LogP contribution >= 0.6 is 0 Å². The Bertz CT molecular complexity index is 879. The zero-order valence-electron chi connectivity index (χ0n) is 14.6. The molecule has 26 heavy (non-hydrogen) atoms. The van der Waals surface area contributed by atoms with Gasteiger partial charge in [0.25, 0.3) is 0 Å². The predicted molar refractivity (Wildman–Crippen MR) is 96.9 cm³/mol. The van der Waals surface area contributed by atoms with Crippen molar-refractivity contribution < 1.29 is 13.7 Å². The molecule has 5 nitrogen and oxygen atoms in total. The summed E-state index contributed by atoms with van der Waals surface area (Å²) >= 11 is 0. The third kappa shape index (κ3) is 3.27. The minimum atomic E-state index is -0.222. The highest BCUT2D eigenvalue weighted by Gasteiger charge is 2.27. The molecule has 0 bridgehead atoms. The second-order valence-electron chi connectivity index (χ2n) is 6.42. The van der Waals surface area contributed by atoms with Gasteiger partial charge < -0.3 is 14.2 Å². The number of aromatic nitrogens is 2. The summed E-state index contributed by atoms with van der Waals surface area (Å²) in [4.78, 5) is 6.85. The second kappa shape index (κ2) is 7.15. The Labute approximate surface area is 151 Å². The zero-order valence-corrected chi connectivity index (χ0v) is 14.6. The van der Waals surface area contributed by atoms with Crippen molar-refractivity contribution >= 4 is 5.69 Å². The molecule has 1 saturated heterocycles. The molecule has 1 atom stereocenters. The van der Waals surface area contributed by atoms with Crippen LogP contribution < -0.4 is 9.64 Å². The van der Waals surface area contributed by atoms with Gasteiger partial charge in [-0.3, -0.25) is 0 Å². The molecule has 6 heteroatoms. The maximum atomic E-state index is 13.2. The molecule has 0 N–H and O–H groups in total. The fraction of sp³-hybridized carbons (Fsp3) is 0.300. The van der Waals surface area contributed by atoms with Crippen molar-refractivity contribution in [3.63, 3.8) is 0 Å². The van der Waals surface area contributed by atoms with E-state index in [1.165, 1.54) is 12.1 Å². The van der Waals surface area contributed by atoms with Gasteiger partial charge in [-0.2, -0.15) is 4.98 Å². The van der Waals surface area contributed by atoms with E-state index >= 15 is 0 Å². The highest BCUT2D eigenvalue weighted by molar-refractivity contribution is 5.63. The Balaban J connectivity index is 1.54. The van der Waals surface area contributed by atoms with E-state index in [4.69, 9.17) is 9.26 Å². The quantitative estimate of drug-likeness (QED) is 0.701. The van der Waals surface area contributed by atoms with E-state index in [1.807, 2.05) is 36.4 Å². The first kappa shape index (κ1) is 16.6. The fourth-order valence-corrected chi connectivity index (χ4v) is 3.40. The summed E-state index contributed by atoms with van der Waals surface area (Å²) < 4.78 is 24.1. The van der Waals surface area contributed by atoms with Gasteiger partial charge in [-0.25, -0.2) is 4.39 Å². The van der Waals surface area contributed by atoms with E-state index in [-0.39, 0.29) is 11.7 Å². The molecule has 1 unspecified atom stereocenters. The number of rotatable bonds is 4. The monoisotopic (exact) mass is 353 g/mol. The molecule has 134 valence electrons. The summed E-state index contributed by atoms with van der Waals surface area (Å²) in [5.41, 5.74) is 1.83. The lowest BCUT2D eigenvalue weighted by molar-refractivity contribution is 0.333. The van der Waals surface area contributed by atoms with Crippen LogP contribution in [-0.2, 0) is 0 Å². The number of methoxy groups -OCH3 is 1. The largest absolute Gasteiger partial charge is 0.496 e. The van der Waals surface area contributed by atoms with Crippen molar-refractivity contribution in [1.82, 2.24) is 10.1 Å².